The maximum absolute atomic E-state index is 10.3. The lowest BCUT2D eigenvalue weighted by molar-refractivity contribution is 0.145. The third-order valence-corrected chi connectivity index (χ3v) is 4.26. The van der Waals surface area contributed by atoms with E-state index in [-0.39, 0.29) is 0 Å². The molecule has 2 aromatic carbocycles. The maximum Gasteiger partial charge on any atom is 0.0774 e. The molecule has 20 heavy (non-hydrogen) atoms. The maximum atomic E-state index is 10.3. The van der Waals surface area contributed by atoms with E-state index >= 15 is 0 Å². The SMILES string of the molecule is N[C@@H](c1c(Cl)ccc(Cl)c1Cl)[C@H](O)Cc1ccccc1. The molecule has 0 heterocycles. The Labute approximate surface area is 133 Å². The molecule has 0 amide bonds. The molecule has 2 rings (SSSR count). The van der Waals surface area contributed by atoms with Crippen LogP contribution >= 0.6 is 34.8 Å². The molecule has 5 heteroatoms. The van der Waals surface area contributed by atoms with Gasteiger partial charge in [0.05, 0.1) is 22.2 Å². The normalized spacial score (nSPS) is 14.1. The first-order valence-electron chi connectivity index (χ1n) is 6.11. The van der Waals surface area contributed by atoms with Crippen molar-refractivity contribution < 1.29 is 5.11 Å². The van der Waals surface area contributed by atoms with E-state index in [1.165, 1.54) is 0 Å². The average Bonchev–Trinajstić information content (AvgIpc) is 2.44. The summed E-state index contributed by atoms with van der Waals surface area (Å²) in [5.74, 6) is 0. The standard InChI is InChI=1S/C15H14Cl3NO/c16-10-6-7-11(17)14(18)13(10)15(19)12(20)8-9-4-2-1-3-5-9/h1-7,12,15,20H,8,19H2/t12-,15-/m1/s1. The number of hydrogen-bond acceptors (Lipinski definition) is 2. The molecule has 106 valence electrons. The van der Waals surface area contributed by atoms with E-state index in [0.717, 1.165) is 5.56 Å². The minimum atomic E-state index is -0.800. The lowest BCUT2D eigenvalue weighted by atomic mass is 9.97. The van der Waals surface area contributed by atoms with E-state index in [9.17, 15) is 5.11 Å². The highest BCUT2D eigenvalue weighted by Crippen LogP contribution is 2.36. The predicted octanol–water partition coefficient (Wildman–Crippen LogP) is 4.25. The van der Waals surface area contributed by atoms with Gasteiger partial charge in [-0.1, -0.05) is 65.1 Å². The van der Waals surface area contributed by atoms with Crippen molar-refractivity contribution >= 4 is 34.8 Å². The van der Waals surface area contributed by atoms with Crippen LogP contribution in [-0.2, 0) is 6.42 Å². The molecule has 0 radical (unpaired) electrons. The van der Waals surface area contributed by atoms with Gasteiger partial charge in [-0.05, 0) is 17.7 Å². The summed E-state index contributed by atoms with van der Waals surface area (Å²) in [4.78, 5) is 0. The van der Waals surface area contributed by atoms with Crippen LogP contribution in [0.4, 0.5) is 0 Å². The van der Waals surface area contributed by atoms with Gasteiger partial charge in [0, 0.05) is 17.0 Å². The molecule has 2 atom stereocenters. The molecule has 0 bridgehead atoms. The lowest BCUT2D eigenvalue weighted by Gasteiger charge is -2.22. The van der Waals surface area contributed by atoms with E-state index < -0.39 is 12.1 Å². The molecule has 0 saturated heterocycles. The Hall–Kier alpha value is -0.770. The van der Waals surface area contributed by atoms with Gasteiger partial charge in [-0.25, -0.2) is 0 Å². The van der Waals surface area contributed by atoms with E-state index in [2.05, 4.69) is 0 Å². The molecule has 0 fully saturated rings. The van der Waals surface area contributed by atoms with Crippen molar-refractivity contribution in [1.29, 1.82) is 0 Å². The summed E-state index contributed by atoms with van der Waals surface area (Å²) in [6, 6.07) is 12.1. The predicted molar refractivity (Wildman–Crippen MR) is 84.6 cm³/mol. The Morgan fingerprint density at radius 3 is 2.20 bits per heavy atom. The number of benzene rings is 2. The zero-order chi connectivity index (χ0) is 14.7. The van der Waals surface area contributed by atoms with Gasteiger partial charge >= 0.3 is 0 Å². The van der Waals surface area contributed by atoms with Gasteiger partial charge in [0.15, 0.2) is 0 Å². The zero-order valence-corrected chi connectivity index (χ0v) is 12.8. The smallest absolute Gasteiger partial charge is 0.0774 e. The van der Waals surface area contributed by atoms with Gasteiger partial charge in [-0.3, -0.25) is 0 Å². The van der Waals surface area contributed by atoms with Crippen molar-refractivity contribution in [3.63, 3.8) is 0 Å². The fraction of sp³-hybridized carbons (Fsp3) is 0.200. The van der Waals surface area contributed by atoms with E-state index in [1.54, 1.807) is 12.1 Å². The Kier molecular flexibility index (Phi) is 5.30. The fourth-order valence-corrected chi connectivity index (χ4v) is 2.81. The fourth-order valence-electron chi connectivity index (χ4n) is 2.02. The average molecular weight is 331 g/mol. The summed E-state index contributed by atoms with van der Waals surface area (Å²) in [5, 5.41) is 11.3. The molecule has 0 unspecified atom stereocenters. The molecule has 2 nitrogen and oxygen atoms in total. The molecule has 0 spiro atoms. The molecular formula is C15H14Cl3NO. The van der Waals surface area contributed by atoms with Crippen LogP contribution in [0, 0.1) is 0 Å². The van der Waals surface area contributed by atoms with Crippen molar-refractivity contribution in [2.45, 2.75) is 18.6 Å². The largest absolute Gasteiger partial charge is 0.391 e. The number of hydrogen-bond donors (Lipinski definition) is 2. The van der Waals surface area contributed by atoms with E-state index in [1.807, 2.05) is 30.3 Å². The zero-order valence-electron chi connectivity index (χ0n) is 10.6. The van der Waals surface area contributed by atoms with Crippen LogP contribution in [0.3, 0.4) is 0 Å². The summed E-state index contributed by atoms with van der Waals surface area (Å²) < 4.78 is 0. The first-order valence-corrected chi connectivity index (χ1v) is 7.25. The van der Waals surface area contributed by atoms with E-state index in [0.29, 0.717) is 27.1 Å². The number of aliphatic hydroxyl groups excluding tert-OH is 1. The van der Waals surface area contributed by atoms with Crippen LogP contribution in [0.2, 0.25) is 15.1 Å². The first kappa shape index (κ1) is 15.6. The molecule has 0 aromatic heterocycles. The summed E-state index contributed by atoms with van der Waals surface area (Å²) >= 11 is 18.2. The monoisotopic (exact) mass is 329 g/mol. The van der Waals surface area contributed by atoms with Crippen LogP contribution in [0.5, 0.6) is 0 Å². The third kappa shape index (κ3) is 3.46. The Morgan fingerprint density at radius 2 is 1.55 bits per heavy atom. The van der Waals surface area contributed by atoms with Crippen LogP contribution in [0.25, 0.3) is 0 Å². The molecule has 0 saturated carbocycles. The van der Waals surface area contributed by atoms with Crippen LogP contribution in [0.1, 0.15) is 17.2 Å². The van der Waals surface area contributed by atoms with E-state index in [4.69, 9.17) is 40.5 Å². The molecule has 3 N–H and O–H groups in total. The second kappa shape index (κ2) is 6.79. The number of aliphatic hydroxyl groups is 1. The van der Waals surface area contributed by atoms with Gasteiger partial charge in [0.1, 0.15) is 0 Å². The Balaban J connectivity index is 2.23. The van der Waals surface area contributed by atoms with Gasteiger partial charge in [0.25, 0.3) is 0 Å². The van der Waals surface area contributed by atoms with Crippen molar-refractivity contribution in [2.24, 2.45) is 5.73 Å². The van der Waals surface area contributed by atoms with Crippen LogP contribution in [0.15, 0.2) is 42.5 Å². The van der Waals surface area contributed by atoms with Crippen molar-refractivity contribution in [3.05, 3.63) is 68.7 Å². The molecular weight excluding hydrogens is 317 g/mol. The van der Waals surface area contributed by atoms with Gasteiger partial charge in [0.2, 0.25) is 0 Å². The molecule has 2 aromatic rings. The lowest BCUT2D eigenvalue weighted by Crippen LogP contribution is -2.28. The number of rotatable bonds is 4. The van der Waals surface area contributed by atoms with Gasteiger partial charge in [-0.15, -0.1) is 0 Å². The Bertz CT molecular complexity index is 589. The second-order valence-electron chi connectivity index (χ2n) is 4.54. The van der Waals surface area contributed by atoms with Crippen LogP contribution in [-0.4, -0.2) is 11.2 Å². The first-order chi connectivity index (χ1) is 9.50. The summed E-state index contributed by atoms with van der Waals surface area (Å²) in [6.45, 7) is 0. The highest BCUT2D eigenvalue weighted by molar-refractivity contribution is 6.44. The molecule has 0 aliphatic heterocycles. The summed E-state index contributed by atoms with van der Waals surface area (Å²) in [5.41, 5.74) is 7.55. The topological polar surface area (TPSA) is 46.2 Å². The summed E-state index contributed by atoms with van der Waals surface area (Å²) in [7, 11) is 0. The quantitative estimate of drug-likeness (QED) is 0.823. The minimum absolute atomic E-state index is 0.291. The number of halogens is 3. The van der Waals surface area contributed by atoms with Crippen molar-refractivity contribution in [3.8, 4) is 0 Å². The second-order valence-corrected chi connectivity index (χ2v) is 5.73. The molecule has 0 aliphatic carbocycles. The van der Waals surface area contributed by atoms with Gasteiger partial charge in [-0.2, -0.15) is 0 Å². The third-order valence-electron chi connectivity index (χ3n) is 3.11. The summed E-state index contributed by atoms with van der Waals surface area (Å²) in [6.07, 6.45) is -0.382. The van der Waals surface area contributed by atoms with Crippen molar-refractivity contribution in [1.82, 2.24) is 0 Å². The van der Waals surface area contributed by atoms with Crippen LogP contribution < -0.4 is 5.73 Å². The van der Waals surface area contributed by atoms with Gasteiger partial charge < -0.3 is 10.8 Å². The number of nitrogens with two attached hydrogens (primary N) is 1. The highest BCUT2D eigenvalue weighted by atomic mass is 35.5. The van der Waals surface area contributed by atoms with Crippen molar-refractivity contribution in [2.75, 3.05) is 0 Å². The highest BCUT2D eigenvalue weighted by Gasteiger charge is 2.23. The Morgan fingerprint density at radius 1 is 0.950 bits per heavy atom. The molecule has 0 aliphatic rings. The minimum Gasteiger partial charge on any atom is -0.391 e.